The minimum Gasteiger partial charge on any atom is -0.395 e. The van der Waals surface area contributed by atoms with Gasteiger partial charge >= 0.3 is 0 Å². The molecule has 1 heterocycles. The lowest BCUT2D eigenvalue weighted by Crippen LogP contribution is -2.17. The van der Waals surface area contributed by atoms with E-state index in [1.54, 1.807) is 6.20 Å². The van der Waals surface area contributed by atoms with Crippen LogP contribution in [-0.2, 0) is 6.54 Å². The van der Waals surface area contributed by atoms with Gasteiger partial charge in [-0.2, -0.15) is 0 Å². The zero-order valence-electron chi connectivity index (χ0n) is 8.48. The Morgan fingerprint density at radius 2 is 2.20 bits per heavy atom. The number of hydrogen-bond acceptors (Lipinski definition) is 3. The highest BCUT2D eigenvalue weighted by Crippen LogP contribution is 2.16. The number of nitrogens with one attached hydrogen (secondary N) is 1. The Kier molecular flexibility index (Phi) is 3.27. The predicted octanol–water partition coefficient (Wildman–Crippen LogP) is 1.32. The molecular formula is C12H14N2O. The molecule has 0 saturated carbocycles. The topological polar surface area (TPSA) is 45.1 Å². The number of rotatable bonds is 4. The molecule has 3 nitrogen and oxygen atoms in total. The highest BCUT2D eigenvalue weighted by Gasteiger charge is 1.99. The van der Waals surface area contributed by atoms with Gasteiger partial charge in [0.25, 0.3) is 0 Å². The lowest BCUT2D eigenvalue weighted by molar-refractivity contribution is 0.292. The smallest absolute Gasteiger partial charge is 0.0556 e. The van der Waals surface area contributed by atoms with Gasteiger partial charge in [-0.05, 0) is 17.0 Å². The molecule has 0 aliphatic carbocycles. The van der Waals surface area contributed by atoms with Gasteiger partial charge in [0, 0.05) is 30.9 Å². The van der Waals surface area contributed by atoms with E-state index in [9.17, 15) is 0 Å². The summed E-state index contributed by atoms with van der Waals surface area (Å²) < 4.78 is 0. The average molecular weight is 202 g/mol. The molecule has 0 atom stereocenters. The van der Waals surface area contributed by atoms with Crippen molar-refractivity contribution in [3.05, 3.63) is 42.2 Å². The minimum absolute atomic E-state index is 0.173. The Morgan fingerprint density at radius 3 is 3.07 bits per heavy atom. The molecule has 2 aromatic rings. The van der Waals surface area contributed by atoms with Crippen molar-refractivity contribution < 1.29 is 5.11 Å². The fourth-order valence-corrected chi connectivity index (χ4v) is 1.65. The van der Waals surface area contributed by atoms with E-state index < -0.39 is 0 Å². The molecule has 1 aromatic heterocycles. The summed E-state index contributed by atoms with van der Waals surface area (Å²) in [4.78, 5) is 4.09. The zero-order valence-corrected chi connectivity index (χ0v) is 8.48. The first-order chi connectivity index (χ1) is 7.42. The van der Waals surface area contributed by atoms with Gasteiger partial charge in [-0.1, -0.05) is 18.2 Å². The third-order valence-electron chi connectivity index (χ3n) is 2.38. The Hall–Kier alpha value is -1.45. The van der Waals surface area contributed by atoms with E-state index in [4.69, 9.17) is 5.11 Å². The number of aliphatic hydroxyl groups is 1. The van der Waals surface area contributed by atoms with E-state index >= 15 is 0 Å². The maximum absolute atomic E-state index is 8.69. The fourth-order valence-electron chi connectivity index (χ4n) is 1.65. The van der Waals surface area contributed by atoms with Crippen LogP contribution >= 0.6 is 0 Å². The van der Waals surface area contributed by atoms with Crippen LogP contribution in [0.2, 0.25) is 0 Å². The highest BCUT2D eigenvalue weighted by molar-refractivity contribution is 5.84. The molecule has 15 heavy (non-hydrogen) atoms. The number of aromatic nitrogens is 1. The van der Waals surface area contributed by atoms with Gasteiger partial charge in [-0.25, -0.2) is 0 Å². The number of fused-ring (bicyclic) bond motifs is 1. The summed E-state index contributed by atoms with van der Waals surface area (Å²) in [6.07, 6.45) is 3.67. The molecule has 2 N–H and O–H groups in total. The first kappa shape index (κ1) is 10.1. The van der Waals surface area contributed by atoms with Crippen LogP contribution in [0.15, 0.2) is 36.7 Å². The first-order valence-corrected chi connectivity index (χ1v) is 5.05. The Balaban J connectivity index is 2.26. The number of pyridine rings is 1. The molecule has 0 unspecified atom stereocenters. The standard InChI is InChI=1S/C12H14N2O/c15-7-6-14-9-11-3-1-2-10-8-13-5-4-12(10)11/h1-5,8,14-15H,6-7,9H2. The normalized spacial score (nSPS) is 10.7. The third-order valence-corrected chi connectivity index (χ3v) is 2.38. The van der Waals surface area contributed by atoms with E-state index in [0.29, 0.717) is 6.54 Å². The van der Waals surface area contributed by atoms with Gasteiger partial charge in [0.2, 0.25) is 0 Å². The van der Waals surface area contributed by atoms with E-state index in [1.165, 1.54) is 10.9 Å². The van der Waals surface area contributed by atoms with Crippen molar-refractivity contribution in [3.8, 4) is 0 Å². The number of nitrogens with zero attached hydrogens (tertiary/aromatic N) is 1. The SMILES string of the molecule is OCCNCc1cccc2cnccc12. The summed E-state index contributed by atoms with van der Waals surface area (Å²) >= 11 is 0. The highest BCUT2D eigenvalue weighted by atomic mass is 16.3. The van der Waals surface area contributed by atoms with Gasteiger partial charge < -0.3 is 10.4 Å². The summed E-state index contributed by atoms with van der Waals surface area (Å²) in [5.41, 5.74) is 1.24. The molecule has 0 spiro atoms. The molecule has 1 aromatic carbocycles. The van der Waals surface area contributed by atoms with Crippen LogP contribution in [0, 0.1) is 0 Å². The molecule has 0 amide bonds. The average Bonchev–Trinajstić information content (AvgIpc) is 2.30. The Morgan fingerprint density at radius 1 is 1.27 bits per heavy atom. The van der Waals surface area contributed by atoms with Crippen LogP contribution in [0.1, 0.15) is 5.56 Å². The molecule has 3 heteroatoms. The molecule has 0 saturated heterocycles. The largest absolute Gasteiger partial charge is 0.395 e. The Labute approximate surface area is 88.8 Å². The third kappa shape index (κ3) is 2.32. The van der Waals surface area contributed by atoms with Gasteiger partial charge in [0.15, 0.2) is 0 Å². The first-order valence-electron chi connectivity index (χ1n) is 5.05. The van der Waals surface area contributed by atoms with Crippen LogP contribution in [0.4, 0.5) is 0 Å². The van der Waals surface area contributed by atoms with Crippen molar-refractivity contribution >= 4 is 10.8 Å². The van der Waals surface area contributed by atoms with Crippen molar-refractivity contribution in [2.75, 3.05) is 13.2 Å². The maximum atomic E-state index is 8.69. The van der Waals surface area contributed by atoms with Gasteiger partial charge in [0.1, 0.15) is 0 Å². The van der Waals surface area contributed by atoms with Gasteiger partial charge in [0.05, 0.1) is 6.61 Å². The molecule has 0 aliphatic heterocycles. The zero-order chi connectivity index (χ0) is 10.5. The van der Waals surface area contributed by atoms with Gasteiger partial charge in [-0.3, -0.25) is 4.98 Å². The molecule has 0 bridgehead atoms. The van der Waals surface area contributed by atoms with Crippen LogP contribution < -0.4 is 5.32 Å². The minimum atomic E-state index is 0.173. The number of hydrogen-bond donors (Lipinski definition) is 2. The van der Waals surface area contributed by atoms with E-state index in [-0.39, 0.29) is 6.61 Å². The summed E-state index contributed by atoms with van der Waals surface area (Å²) in [5, 5.41) is 14.2. The fraction of sp³-hybridized carbons (Fsp3) is 0.250. The summed E-state index contributed by atoms with van der Waals surface area (Å²) in [6, 6.07) is 8.19. The predicted molar refractivity (Wildman–Crippen MR) is 60.5 cm³/mol. The van der Waals surface area contributed by atoms with Crippen molar-refractivity contribution in [2.24, 2.45) is 0 Å². The number of benzene rings is 1. The molecule has 0 aliphatic rings. The second kappa shape index (κ2) is 4.87. The van der Waals surface area contributed by atoms with E-state index in [2.05, 4.69) is 22.4 Å². The van der Waals surface area contributed by atoms with Crippen molar-refractivity contribution in [3.63, 3.8) is 0 Å². The van der Waals surface area contributed by atoms with E-state index in [0.717, 1.165) is 11.9 Å². The Bertz CT molecular complexity index is 437. The van der Waals surface area contributed by atoms with Crippen molar-refractivity contribution in [1.29, 1.82) is 0 Å². The van der Waals surface area contributed by atoms with Gasteiger partial charge in [-0.15, -0.1) is 0 Å². The summed E-state index contributed by atoms with van der Waals surface area (Å²) in [7, 11) is 0. The molecule has 0 radical (unpaired) electrons. The molecule has 0 fully saturated rings. The summed E-state index contributed by atoms with van der Waals surface area (Å²) in [6.45, 7) is 1.58. The lowest BCUT2D eigenvalue weighted by Gasteiger charge is -2.06. The van der Waals surface area contributed by atoms with E-state index in [1.807, 2.05) is 18.3 Å². The van der Waals surface area contributed by atoms with Crippen LogP contribution in [0.25, 0.3) is 10.8 Å². The quantitative estimate of drug-likeness (QED) is 0.735. The van der Waals surface area contributed by atoms with Crippen molar-refractivity contribution in [1.82, 2.24) is 10.3 Å². The molecule has 78 valence electrons. The summed E-state index contributed by atoms with van der Waals surface area (Å²) in [5.74, 6) is 0. The second-order valence-corrected chi connectivity index (χ2v) is 3.41. The van der Waals surface area contributed by atoms with Crippen LogP contribution in [0.3, 0.4) is 0 Å². The lowest BCUT2D eigenvalue weighted by atomic mass is 10.1. The molecule has 2 rings (SSSR count). The van der Waals surface area contributed by atoms with Crippen LogP contribution in [-0.4, -0.2) is 23.2 Å². The number of aliphatic hydroxyl groups excluding tert-OH is 1. The molecular weight excluding hydrogens is 188 g/mol. The van der Waals surface area contributed by atoms with Crippen LogP contribution in [0.5, 0.6) is 0 Å². The monoisotopic (exact) mass is 202 g/mol. The van der Waals surface area contributed by atoms with Crippen molar-refractivity contribution in [2.45, 2.75) is 6.54 Å². The maximum Gasteiger partial charge on any atom is 0.0556 e. The second-order valence-electron chi connectivity index (χ2n) is 3.41.